The van der Waals surface area contributed by atoms with E-state index in [-0.39, 0.29) is 30.2 Å². The Bertz CT molecular complexity index is 881. The Morgan fingerprint density at radius 2 is 1.50 bits per heavy atom. The molecule has 0 unspecified atom stereocenters. The largest absolute Gasteiger partial charge is 0.352 e. The molecular formula is C25H32N4O3. The summed E-state index contributed by atoms with van der Waals surface area (Å²) in [6, 6.07) is 19.5. The number of amides is 4. The van der Waals surface area contributed by atoms with E-state index < -0.39 is 0 Å². The summed E-state index contributed by atoms with van der Waals surface area (Å²) in [6.45, 7) is 2.45. The van der Waals surface area contributed by atoms with Crippen LogP contribution in [0.5, 0.6) is 0 Å². The van der Waals surface area contributed by atoms with Crippen LogP contribution in [-0.4, -0.2) is 54.3 Å². The first-order chi connectivity index (χ1) is 15.5. The average Bonchev–Trinajstić information content (AvgIpc) is 2.83. The lowest BCUT2D eigenvalue weighted by Crippen LogP contribution is -2.47. The fourth-order valence-electron chi connectivity index (χ4n) is 3.80. The van der Waals surface area contributed by atoms with E-state index in [9.17, 15) is 14.4 Å². The SMILES string of the molecule is CN(Cc1ccccc1)C(=O)CCNC(=O)N1CCC(C(=O)NCc2ccccc2)CC1. The maximum absolute atomic E-state index is 12.4. The highest BCUT2D eigenvalue weighted by atomic mass is 16.2. The lowest BCUT2D eigenvalue weighted by Gasteiger charge is -2.31. The molecule has 0 saturated carbocycles. The standard InChI is InChI=1S/C25H32N4O3/c1-28(19-21-10-6-3-7-11-21)23(30)12-15-26-25(32)29-16-13-22(14-17-29)24(31)27-18-20-8-4-2-5-9-20/h2-11,22H,12-19H2,1H3,(H,26,32)(H,27,31). The monoisotopic (exact) mass is 436 g/mol. The number of carbonyl (C=O) groups is 3. The molecule has 4 amide bonds. The van der Waals surface area contributed by atoms with Gasteiger partial charge < -0.3 is 20.4 Å². The van der Waals surface area contributed by atoms with Gasteiger partial charge in [-0.15, -0.1) is 0 Å². The third-order valence-corrected chi connectivity index (χ3v) is 5.77. The van der Waals surface area contributed by atoms with Gasteiger partial charge in [0.2, 0.25) is 11.8 Å². The molecule has 1 aliphatic rings. The van der Waals surface area contributed by atoms with Crippen molar-refractivity contribution in [2.75, 3.05) is 26.7 Å². The number of carbonyl (C=O) groups excluding carboxylic acids is 3. The molecule has 32 heavy (non-hydrogen) atoms. The summed E-state index contributed by atoms with van der Waals surface area (Å²) in [5.74, 6) is -0.0418. The molecule has 3 rings (SSSR count). The molecular weight excluding hydrogens is 404 g/mol. The molecule has 1 saturated heterocycles. The predicted molar refractivity (Wildman–Crippen MR) is 124 cm³/mol. The second-order valence-corrected chi connectivity index (χ2v) is 8.18. The zero-order valence-corrected chi connectivity index (χ0v) is 18.6. The second kappa shape index (κ2) is 11.9. The van der Waals surface area contributed by atoms with Crippen molar-refractivity contribution in [2.24, 2.45) is 5.92 Å². The number of hydrogen-bond acceptors (Lipinski definition) is 3. The molecule has 2 aromatic rings. The first kappa shape index (κ1) is 23.3. The van der Waals surface area contributed by atoms with E-state index in [4.69, 9.17) is 0 Å². The van der Waals surface area contributed by atoms with Crippen LogP contribution in [0, 0.1) is 5.92 Å². The predicted octanol–water partition coefficient (Wildman–Crippen LogP) is 2.77. The van der Waals surface area contributed by atoms with E-state index in [1.54, 1.807) is 16.8 Å². The Morgan fingerprint density at radius 1 is 0.906 bits per heavy atom. The quantitative estimate of drug-likeness (QED) is 0.668. The van der Waals surface area contributed by atoms with Gasteiger partial charge in [-0.25, -0.2) is 4.79 Å². The number of nitrogens with one attached hydrogen (secondary N) is 2. The van der Waals surface area contributed by atoms with Gasteiger partial charge in [0.1, 0.15) is 0 Å². The minimum Gasteiger partial charge on any atom is -0.352 e. The lowest BCUT2D eigenvalue weighted by atomic mass is 9.96. The van der Waals surface area contributed by atoms with Crippen LogP contribution in [0.2, 0.25) is 0 Å². The van der Waals surface area contributed by atoms with Crippen molar-refractivity contribution in [1.82, 2.24) is 20.4 Å². The van der Waals surface area contributed by atoms with Crippen LogP contribution in [-0.2, 0) is 22.7 Å². The number of benzene rings is 2. The normalized spacial score (nSPS) is 14.0. The Morgan fingerprint density at radius 3 is 2.12 bits per heavy atom. The lowest BCUT2D eigenvalue weighted by molar-refractivity contribution is -0.130. The summed E-state index contributed by atoms with van der Waals surface area (Å²) in [6.07, 6.45) is 1.55. The smallest absolute Gasteiger partial charge is 0.317 e. The highest BCUT2D eigenvalue weighted by Crippen LogP contribution is 2.17. The zero-order valence-electron chi connectivity index (χ0n) is 18.6. The molecule has 2 N–H and O–H groups in total. The van der Waals surface area contributed by atoms with E-state index in [1.807, 2.05) is 60.7 Å². The van der Waals surface area contributed by atoms with Gasteiger partial charge in [0, 0.05) is 52.1 Å². The molecule has 0 aliphatic carbocycles. The maximum atomic E-state index is 12.4. The first-order valence-electron chi connectivity index (χ1n) is 11.1. The third kappa shape index (κ3) is 7.11. The van der Waals surface area contributed by atoms with Gasteiger partial charge in [-0.2, -0.15) is 0 Å². The zero-order chi connectivity index (χ0) is 22.8. The van der Waals surface area contributed by atoms with Crippen molar-refractivity contribution in [2.45, 2.75) is 32.4 Å². The van der Waals surface area contributed by atoms with Gasteiger partial charge in [0.15, 0.2) is 0 Å². The van der Waals surface area contributed by atoms with Crippen LogP contribution in [0.25, 0.3) is 0 Å². The Labute approximate surface area is 189 Å². The molecule has 1 heterocycles. The highest BCUT2D eigenvalue weighted by molar-refractivity contribution is 5.80. The van der Waals surface area contributed by atoms with Crippen molar-refractivity contribution in [3.8, 4) is 0 Å². The summed E-state index contributed by atoms with van der Waals surface area (Å²) in [5.41, 5.74) is 2.14. The number of nitrogens with zero attached hydrogens (tertiary/aromatic N) is 2. The van der Waals surface area contributed by atoms with E-state index >= 15 is 0 Å². The summed E-state index contributed by atoms with van der Waals surface area (Å²) >= 11 is 0. The fraction of sp³-hybridized carbons (Fsp3) is 0.400. The highest BCUT2D eigenvalue weighted by Gasteiger charge is 2.27. The summed E-state index contributed by atoms with van der Waals surface area (Å²) < 4.78 is 0. The number of hydrogen-bond donors (Lipinski definition) is 2. The summed E-state index contributed by atoms with van der Waals surface area (Å²) in [5, 5.41) is 5.82. The van der Waals surface area contributed by atoms with Crippen LogP contribution in [0.4, 0.5) is 4.79 Å². The molecule has 7 heteroatoms. The molecule has 7 nitrogen and oxygen atoms in total. The first-order valence-corrected chi connectivity index (χ1v) is 11.1. The van der Waals surface area contributed by atoms with Gasteiger partial charge in [-0.05, 0) is 24.0 Å². The van der Waals surface area contributed by atoms with Crippen molar-refractivity contribution in [1.29, 1.82) is 0 Å². The number of likely N-dealkylation sites (tertiary alicyclic amines) is 1. The van der Waals surface area contributed by atoms with Crippen molar-refractivity contribution < 1.29 is 14.4 Å². The summed E-state index contributed by atoms with van der Waals surface area (Å²) in [4.78, 5) is 40.5. The second-order valence-electron chi connectivity index (χ2n) is 8.18. The Hall–Kier alpha value is -3.35. The molecule has 0 atom stereocenters. The Kier molecular flexibility index (Phi) is 8.66. The maximum Gasteiger partial charge on any atom is 0.317 e. The van der Waals surface area contributed by atoms with Gasteiger partial charge >= 0.3 is 6.03 Å². The van der Waals surface area contributed by atoms with Gasteiger partial charge in [-0.1, -0.05) is 60.7 Å². The fourth-order valence-corrected chi connectivity index (χ4v) is 3.80. The van der Waals surface area contributed by atoms with Crippen LogP contribution in [0.3, 0.4) is 0 Å². The number of rotatable bonds is 8. The van der Waals surface area contributed by atoms with Gasteiger partial charge in [0.05, 0.1) is 0 Å². The molecule has 170 valence electrons. The number of urea groups is 1. The van der Waals surface area contributed by atoms with Crippen LogP contribution >= 0.6 is 0 Å². The van der Waals surface area contributed by atoms with Gasteiger partial charge in [-0.3, -0.25) is 9.59 Å². The number of piperidine rings is 1. The molecule has 0 bridgehead atoms. The van der Waals surface area contributed by atoms with E-state index in [2.05, 4.69) is 10.6 Å². The van der Waals surface area contributed by atoms with E-state index in [0.717, 1.165) is 11.1 Å². The molecule has 2 aromatic carbocycles. The molecule has 1 fully saturated rings. The third-order valence-electron chi connectivity index (χ3n) is 5.77. The minimum atomic E-state index is -0.174. The Balaban J connectivity index is 1.32. The van der Waals surface area contributed by atoms with E-state index in [1.165, 1.54) is 0 Å². The molecule has 1 aliphatic heterocycles. The van der Waals surface area contributed by atoms with Crippen LogP contribution in [0.1, 0.15) is 30.4 Å². The van der Waals surface area contributed by atoms with Crippen LogP contribution in [0.15, 0.2) is 60.7 Å². The topological polar surface area (TPSA) is 81.8 Å². The average molecular weight is 437 g/mol. The van der Waals surface area contributed by atoms with Crippen molar-refractivity contribution in [3.05, 3.63) is 71.8 Å². The molecule has 0 spiro atoms. The van der Waals surface area contributed by atoms with Crippen molar-refractivity contribution in [3.63, 3.8) is 0 Å². The summed E-state index contributed by atoms with van der Waals surface area (Å²) in [7, 11) is 1.77. The molecule has 0 aromatic heterocycles. The van der Waals surface area contributed by atoms with Gasteiger partial charge in [0.25, 0.3) is 0 Å². The molecule has 0 radical (unpaired) electrons. The van der Waals surface area contributed by atoms with E-state index in [0.29, 0.717) is 45.6 Å². The minimum absolute atomic E-state index is 0.0112. The van der Waals surface area contributed by atoms with Crippen molar-refractivity contribution >= 4 is 17.8 Å². The van der Waals surface area contributed by atoms with Crippen LogP contribution < -0.4 is 10.6 Å².